The maximum Gasteiger partial charge on any atom is 0.264 e. The smallest absolute Gasteiger partial charge is 0.264 e. The molecule has 4 rings (SSSR count). The standard InChI is InChI=1S/C31H32N2O4S/c1-22-14-19-28(23(2)20-22)24(3)32-31(34)29-12-8-9-13-30(29)33(21-25-10-6-5-7-11-25)38(35,36)27-17-15-26(37-4)16-18-27/h5-20,24H,21H2,1-4H3,(H,32,34). The van der Waals surface area contributed by atoms with Crippen molar-refractivity contribution in [2.45, 2.75) is 38.3 Å². The molecule has 0 aliphatic carbocycles. The van der Waals surface area contributed by atoms with Gasteiger partial charge in [-0.2, -0.15) is 0 Å². The third-order valence-electron chi connectivity index (χ3n) is 6.47. The number of sulfonamides is 1. The molecule has 196 valence electrons. The molecule has 0 spiro atoms. The van der Waals surface area contributed by atoms with E-state index in [0.29, 0.717) is 11.4 Å². The minimum absolute atomic E-state index is 0.0616. The minimum atomic E-state index is -4.03. The van der Waals surface area contributed by atoms with Gasteiger partial charge in [-0.25, -0.2) is 8.42 Å². The summed E-state index contributed by atoms with van der Waals surface area (Å²) < 4.78 is 34.5. The van der Waals surface area contributed by atoms with E-state index in [2.05, 4.69) is 11.4 Å². The number of hydrogen-bond donors (Lipinski definition) is 1. The van der Waals surface area contributed by atoms with Crippen LogP contribution in [0.2, 0.25) is 0 Å². The Bertz CT molecular complexity index is 1520. The van der Waals surface area contributed by atoms with E-state index in [1.807, 2.05) is 63.2 Å². The van der Waals surface area contributed by atoms with Crippen molar-refractivity contribution in [3.05, 3.63) is 125 Å². The summed E-state index contributed by atoms with van der Waals surface area (Å²) in [5.74, 6) is 0.204. The number of nitrogens with zero attached hydrogens (tertiary/aromatic N) is 1. The van der Waals surface area contributed by atoms with Gasteiger partial charge in [0.15, 0.2) is 0 Å². The summed E-state index contributed by atoms with van der Waals surface area (Å²) in [4.78, 5) is 13.7. The number of benzene rings is 4. The molecule has 38 heavy (non-hydrogen) atoms. The third-order valence-corrected chi connectivity index (χ3v) is 8.25. The summed E-state index contributed by atoms with van der Waals surface area (Å²) in [6.45, 7) is 6.03. The van der Waals surface area contributed by atoms with Gasteiger partial charge in [0.25, 0.3) is 15.9 Å². The molecule has 0 bridgehead atoms. The molecule has 0 aliphatic rings. The molecule has 1 N–H and O–H groups in total. The maximum absolute atomic E-state index is 14.0. The first-order valence-corrected chi connectivity index (χ1v) is 13.8. The number of para-hydroxylation sites is 1. The molecule has 4 aromatic rings. The highest BCUT2D eigenvalue weighted by atomic mass is 32.2. The van der Waals surface area contributed by atoms with E-state index < -0.39 is 10.0 Å². The summed E-state index contributed by atoms with van der Waals surface area (Å²) >= 11 is 0. The zero-order chi connectivity index (χ0) is 27.3. The average Bonchev–Trinajstić information content (AvgIpc) is 2.92. The molecule has 0 heterocycles. The minimum Gasteiger partial charge on any atom is -0.497 e. The van der Waals surface area contributed by atoms with Crippen LogP contribution in [0.4, 0.5) is 5.69 Å². The highest BCUT2D eigenvalue weighted by Gasteiger charge is 2.29. The van der Waals surface area contributed by atoms with E-state index in [1.165, 1.54) is 23.5 Å². The zero-order valence-electron chi connectivity index (χ0n) is 22.0. The summed E-state index contributed by atoms with van der Waals surface area (Å²) in [6, 6.07) is 28.2. The molecular weight excluding hydrogens is 496 g/mol. The summed E-state index contributed by atoms with van der Waals surface area (Å²) in [7, 11) is -2.50. The summed E-state index contributed by atoms with van der Waals surface area (Å²) in [6.07, 6.45) is 0. The van der Waals surface area contributed by atoms with Crippen LogP contribution in [-0.2, 0) is 16.6 Å². The fourth-order valence-electron chi connectivity index (χ4n) is 4.47. The molecule has 0 saturated heterocycles. The average molecular weight is 529 g/mol. The van der Waals surface area contributed by atoms with Crippen molar-refractivity contribution < 1.29 is 17.9 Å². The Morgan fingerprint density at radius 1 is 0.895 bits per heavy atom. The Hall–Kier alpha value is -4.10. The number of anilines is 1. The van der Waals surface area contributed by atoms with E-state index in [9.17, 15) is 13.2 Å². The number of carbonyl (C=O) groups is 1. The highest BCUT2D eigenvalue weighted by Crippen LogP contribution is 2.30. The second-order valence-corrected chi connectivity index (χ2v) is 11.1. The predicted octanol–water partition coefficient (Wildman–Crippen LogP) is 6.20. The lowest BCUT2D eigenvalue weighted by Crippen LogP contribution is -2.34. The molecule has 6 nitrogen and oxygen atoms in total. The van der Waals surface area contributed by atoms with Crippen LogP contribution in [0.3, 0.4) is 0 Å². The van der Waals surface area contributed by atoms with Crippen molar-refractivity contribution in [3.8, 4) is 5.75 Å². The zero-order valence-corrected chi connectivity index (χ0v) is 22.8. The molecule has 0 saturated carbocycles. The normalized spacial score (nSPS) is 12.0. The topological polar surface area (TPSA) is 75.7 Å². The fourth-order valence-corrected chi connectivity index (χ4v) is 5.94. The van der Waals surface area contributed by atoms with E-state index >= 15 is 0 Å². The summed E-state index contributed by atoms with van der Waals surface area (Å²) in [5.41, 5.74) is 4.61. The molecule has 4 aromatic carbocycles. The SMILES string of the molecule is COc1ccc(S(=O)(=O)N(Cc2ccccc2)c2ccccc2C(=O)NC(C)c2ccc(C)cc2C)cc1. The monoisotopic (exact) mass is 528 g/mol. The quantitative estimate of drug-likeness (QED) is 0.281. The second-order valence-electron chi connectivity index (χ2n) is 9.25. The van der Waals surface area contributed by atoms with Crippen molar-refractivity contribution in [1.82, 2.24) is 5.32 Å². The Labute approximate surface area is 225 Å². The number of nitrogens with one attached hydrogen (secondary N) is 1. The first-order chi connectivity index (χ1) is 18.2. The lowest BCUT2D eigenvalue weighted by atomic mass is 10.00. The Morgan fingerprint density at radius 3 is 2.21 bits per heavy atom. The molecule has 7 heteroatoms. The van der Waals surface area contributed by atoms with Gasteiger partial charge in [0.05, 0.1) is 35.8 Å². The molecule has 0 aliphatic heterocycles. The third kappa shape index (κ3) is 5.89. The highest BCUT2D eigenvalue weighted by molar-refractivity contribution is 7.92. The first-order valence-electron chi connectivity index (χ1n) is 12.4. The lowest BCUT2D eigenvalue weighted by Gasteiger charge is -2.27. The Kier molecular flexibility index (Phi) is 8.17. The van der Waals surface area contributed by atoms with Crippen LogP contribution in [-0.4, -0.2) is 21.4 Å². The van der Waals surface area contributed by atoms with Gasteiger partial charge >= 0.3 is 0 Å². The number of carbonyl (C=O) groups excluding carboxylic acids is 1. The number of ether oxygens (including phenoxy) is 1. The van der Waals surface area contributed by atoms with Gasteiger partial charge in [0, 0.05) is 0 Å². The Balaban J connectivity index is 1.74. The van der Waals surface area contributed by atoms with Crippen LogP contribution in [0.5, 0.6) is 5.75 Å². The van der Waals surface area contributed by atoms with Gasteiger partial charge in [-0.3, -0.25) is 9.10 Å². The lowest BCUT2D eigenvalue weighted by molar-refractivity contribution is 0.0940. The van der Waals surface area contributed by atoms with Gasteiger partial charge in [-0.05, 0) is 73.9 Å². The number of aryl methyl sites for hydroxylation is 2. The van der Waals surface area contributed by atoms with E-state index in [-0.39, 0.29) is 29.0 Å². The Morgan fingerprint density at radius 2 is 1.55 bits per heavy atom. The van der Waals surface area contributed by atoms with Gasteiger partial charge in [0.1, 0.15) is 5.75 Å². The number of methoxy groups -OCH3 is 1. The molecule has 0 aromatic heterocycles. The van der Waals surface area contributed by atoms with E-state index in [4.69, 9.17) is 4.74 Å². The van der Waals surface area contributed by atoms with Crippen LogP contribution >= 0.6 is 0 Å². The van der Waals surface area contributed by atoms with Crippen LogP contribution < -0.4 is 14.4 Å². The van der Waals surface area contributed by atoms with Crippen molar-refractivity contribution in [2.75, 3.05) is 11.4 Å². The van der Waals surface area contributed by atoms with E-state index in [0.717, 1.165) is 22.3 Å². The maximum atomic E-state index is 14.0. The first kappa shape index (κ1) is 26.9. The number of rotatable bonds is 9. The largest absolute Gasteiger partial charge is 0.497 e. The van der Waals surface area contributed by atoms with Gasteiger partial charge in [-0.15, -0.1) is 0 Å². The van der Waals surface area contributed by atoms with Gasteiger partial charge < -0.3 is 10.1 Å². The second kappa shape index (κ2) is 11.5. The molecular formula is C31H32N2O4S. The predicted molar refractivity (Wildman–Crippen MR) is 151 cm³/mol. The number of hydrogen-bond acceptors (Lipinski definition) is 4. The van der Waals surface area contributed by atoms with Crippen LogP contribution in [0.1, 0.15) is 45.6 Å². The van der Waals surface area contributed by atoms with E-state index in [1.54, 1.807) is 36.4 Å². The van der Waals surface area contributed by atoms with Crippen LogP contribution in [0.25, 0.3) is 0 Å². The molecule has 1 amide bonds. The molecule has 1 atom stereocenters. The van der Waals surface area contributed by atoms with Crippen molar-refractivity contribution in [3.63, 3.8) is 0 Å². The van der Waals surface area contributed by atoms with Crippen molar-refractivity contribution in [2.24, 2.45) is 0 Å². The van der Waals surface area contributed by atoms with Gasteiger partial charge in [-0.1, -0.05) is 66.2 Å². The van der Waals surface area contributed by atoms with Gasteiger partial charge in [0.2, 0.25) is 0 Å². The molecule has 0 fully saturated rings. The van der Waals surface area contributed by atoms with Crippen molar-refractivity contribution >= 4 is 21.6 Å². The molecule has 0 radical (unpaired) electrons. The summed E-state index contributed by atoms with van der Waals surface area (Å²) in [5, 5.41) is 3.06. The molecule has 1 unspecified atom stereocenters. The van der Waals surface area contributed by atoms with Crippen LogP contribution in [0.15, 0.2) is 102 Å². The van der Waals surface area contributed by atoms with Crippen LogP contribution in [0, 0.1) is 13.8 Å². The van der Waals surface area contributed by atoms with Crippen molar-refractivity contribution in [1.29, 1.82) is 0 Å². The number of amides is 1. The fraction of sp³-hybridized carbons (Fsp3) is 0.194.